The molecule has 0 saturated heterocycles. The van der Waals surface area contributed by atoms with Crippen molar-refractivity contribution in [2.24, 2.45) is 5.73 Å². The highest BCUT2D eigenvalue weighted by molar-refractivity contribution is 8.42. The van der Waals surface area contributed by atoms with Crippen LogP contribution in [0.3, 0.4) is 0 Å². The Labute approximate surface area is 162 Å². The number of nitrogens with one attached hydrogen (secondary N) is 1. The molecule has 5 heteroatoms. The smallest absolute Gasteiger partial charge is 0.00327 e. The lowest BCUT2D eigenvalue weighted by Gasteiger charge is -2.29. The molecule has 0 spiro atoms. The highest BCUT2D eigenvalue weighted by atomic mass is 32.7. The minimum Gasteiger partial charge on any atom is -0.406 e. The van der Waals surface area contributed by atoms with E-state index in [1.54, 1.807) is 14.7 Å². The van der Waals surface area contributed by atoms with Gasteiger partial charge in [-0.2, -0.15) is 0 Å². The molecule has 1 aliphatic rings. The molecule has 0 aliphatic carbocycles. The van der Waals surface area contributed by atoms with Gasteiger partial charge in [0.25, 0.3) is 0 Å². The molecule has 0 aromatic carbocycles. The molecule has 0 aromatic heterocycles. The Morgan fingerprint density at radius 3 is 1.60 bits per heavy atom. The Balaban J connectivity index is 1.70. The van der Waals surface area contributed by atoms with Crippen LogP contribution in [0.5, 0.6) is 0 Å². The van der Waals surface area contributed by atoms with Crippen LogP contribution in [0.4, 0.5) is 0 Å². The van der Waals surface area contributed by atoms with Crippen molar-refractivity contribution in [1.29, 1.82) is 0 Å². The normalized spacial score (nSPS) is 18.4. The van der Waals surface area contributed by atoms with E-state index in [1.165, 1.54) is 103 Å². The van der Waals surface area contributed by atoms with Gasteiger partial charge in [0.15, 0.2) is 0 Å². The third kappa shape index (κ3) is 14.6. The van der Waals surface area contributed by atoms with Crippen LogP contribution < -0.4 is 10.5 Å². The number of unbranched alkanes of at least 4 members (excludes halogenated alkanes) is 14. The first-order valence-corrected chi connectivity index (χ1v) is 15.3. The van der Waals surface area contributed by atoms with Crippen molar-refractivity contribution in [2.45, 2.75) is 115 Å². The molecule has 2 nitrogen and oxygen atoms in total. The van der Waals surface area contributed by atoms with Crippen LogP contribution in [0, 0.1) is 0 Å². The van der Waals surface area contributed by atoms with Crippen molar-refractivity contribution in [3.05, 3.63) is 0 Å². The van der Waals surface area contributed by atoms with Crippen LogP contribution in [0.2, 0.25) is 0 Å². The van der Waals surface area contributed by atoms with Gasteiger partial charge in [0.05, 0.1) is 0 Å². The highest BCUT2D eigenvalue weighted by Gasteiger charge is 2.01. The molecule has 1 heterocycles. The lowest BCUT2D eigenvalue weighted by molar-refractivity contribution is 0.531. The third-order valence-electron chi connectivity index (χ3n) is 4.88. The number of nitrogens with two attached hydrogens (primary N) is 1. The monoisotopic (exact) mass is 405 g/mol. The second-order valence-electron chi connectivity index (χ2n) is 7.38. The summed E-state index contributed by atoms with van der Waals surface area (Å²) in [5.41, 5.74) is 5.52. The van der Waals surface area contributed by atoms with Gasteiger partial charge in [0.2, 0.25) is 0 Å². The molecule has 0 unspecified atom stereocenters. The number of hydrogen-bond donors (Lipinski definition) is 2. The van der Waals surface area contributed by atoms with Crippen molar-refractivity contribution in [3.63, 3.8) is 0 Å². The van der Waals surface area contributed by atoms with Crippen LogP contribution >= 0.6 is 14.7 Å². The van der Waals surface area contributed by atoms with Gasteiger partial charge in [0, 0.05) is 6.54 Å². The summed E-state index contributed by atoms with van der Waals surface area (Å²) >= 11 is 0. The Bertz CT molecular complexity index is 370. The van der Waals surface area contributed by atoms with E-state index in [1.807, 2.05) is 0 Å². The molecular formula is C20H43N2P2S-. The SMILES string of the molecule is CCCCCCCCCCCCCCCCCC1P=[S-](NCCN)=P1. The van der Waals surface area contributed by atoms with Crippen molar-refractivity contribution in [2.75, 3.05) is 13.1 Å². The average Bonchev–Trinajstić information content (AvgIpc) is 2.59. The van der Waals surface area contributed by atoms with Gasteiger partial charge in [-0.25, -0.2) is 14.7 Å². The third-order valence-corrected chi connectivity index (χ3v) is 13.6. The second kappa shape index (κ2) is 18.2. The van der Waals surface area contributed by atoms with Gasteiger partial charge in [-0.3, -0.25) is 0 Å². The van der Waals surface area contributed by atoms with Crippen LogP contribution in [0.25, 0.3) is 0 Å². The summed E-state index contributed by atoms with van der Waals surface area (Å²) in [5.74, 6) is 0. The molecule has 0 radical (unpaired) electrons. The van der Waals surface area contributed by atoms with Crippen molar-refractivity contribution < 1.29 is 0 Å². The van der Waals surface area contributed by atoms with Crippen LogP contribution in [-0.4, -0.2) is 18.5 Å². The molecule has 1 aliphatic heterocycles. The average molecular weight is 406 g/mol. The second-order valence-corrected chi connectivity index (χ2v) is 14.6. The van der Waals surface area contributed by atoms with Crippen molar-refractivity contribution >= 4 is 24.1 Å². The Kier molecular flexibility index (Phi) is 17.4. The molecule has 0 aromatic rings. The summed E-state index contributed by atoms with van der Waals surface area (Å²) in [5, 5.41) is 0.968. The van der Waals surface area contributed by atoms with Crippen LogP contribution in [0.15, 0.2) is 0 Å². The van der Waals surface area contributed by atoms with Gasteiger partial charge in [-0.15, -0.1) is 0 Å². The maximum atomic E-state index is 5.52. The van der Waals surface area contributed by atoms with Gasteiger partial charge >= 0.3 is 0 Å². The Hall–Kier alpha value is 0.870. The zero-order chi connectivity index (χ0) is 18.0. The quantitative estimate of drug-likeness (QED) is 0.133. The first-order chi connectivity index (χ1) is 12.4. The van der Waals surface area contributed by atoms with E-state index in [0.717, 1.165) is 18.5 Å². The summed E-state index contributed by atoms with van der Waals surface area (Å²) in [7, 11) is 3.79. The highest BCUT2D eigenvalue weighted by Crippen LogP contribution is 2.38. The largest absolute Gasteiger partial charge is 0.406 e. The first-order valence-electron chi connectivity index (χ1n) is 11.0. The molecule has 0 bridgehead atoms. The van der Waals surface area contributed by atoms with Gasteiger partial charge in [-0.05, 0) is 18.4 Å². The molecule has 0 amide bonds. The summed E-state index contributed by atoms with van der Waals surface area (Å²) in [6.07, 6.45) is 23.4. The van der Waals surface area contributed by atoms with E-state index in [2.05, 4.69) is 11.6 Å². The van der Waals surface area contributed by atoms with E-state index in [-0.39, 0.29) is 0 Å². The lowest BCUT2D eigenvalue weighted by Crippen LogP contribution is -2.21. The molecule has 0 atom stereocenters. The summed E-state index contributed by atoms with van der Waals surface area (Å²) in [6.45, 7) is 4.07. The van der Waals surface area contributed by atoms with Gasteiger partial charge < -0.3 is 19.9 Å². The van der Waals surface area contributed by atoms with Crippen molar-refractivity contribution in [1.82, 2.24) is 4.72 Å². The zero-order valence-corrected chi connectivity index (χ0v) is 19.3. The van der Waals surface area contributed by atoms with Gasteiger partial charge in [-0.1, -0.05) is 103 Å². The minimum absolute atomic E-state index is 0.470. The van der Waals surface area contributed by atoms with E-state index in [4.69, 9.17) is 5.73 Å². The molecule has 3 N–H and O–H groups in total. The molecule has 0 saturated carbocycles. The molecule has 150 valence electrons. The molecular weight excluding hydrogens is 362 g/mol. The van der Waals surface area contributed by atoms with Crippen LogP contribution in [-0.2, 0) is 9.44 Å². The fourth-order valence-electron chi connectivity index (χ4n) is 3.26. The van der Waals surface area contributed by atoms with Gasteiger partial charge in [0.1, 0.15) is 0 Å². The standard InChI is InChI=1S/C20H43N2P2S/c1-2-3-4-5-6-7-8-9-10-11-12-13-14-15-16-17-20-23-25(24-20)22-19-18-21/h20,22H,2-19,21H2,1H3/q-1. The molecule has 0 fully saturated rings. The Morgan fingerprint density at radius 2 is 1.16 bits per heavy atom. The maximum absolute atomic E-state index is 5.52. The predicted molar refractivity (Wildman–Crippen MR) is 122 cm³/mol. The predicted octanol–water partition coefficient (Wildman–Crippen LogP) is 7.39. The first kappa shape index (κ1) is 23.9. The van der Waals surface area contributed by atoms with Crippen LogP contribution in [0.1, 0.15) is 110 Å². The topological polar surface area (TPSA) is 38.0 Å². The minimum atomic E-state index is 0.470. The summed E-state index contributed by atoms with van der Waals surface area (Å²) in [6, 6.07) is 0. The number of hydrogen-bond acceptors (Lipinski definition) is 3. The zero-order valence-electron chi connectivity index (χ0n) is 16.7. The van der Waals surface area contributed by atoms with E-state index in [0.29, 0.717) is 9.44 Å². The van der Waals surface area contributed by atoms with E-state index in [9.17, 15) is 0 Å². The molecule has 25 heavy (non-hydrogen) atoms. The summed E-state index contributed by atoms with van der Waals surface area (Å²) < 4.78 is 3.53. The van der Waals surface area contributed by atoms with Crippen molar-refractivity contribution in [3.8, 4) is 0 Å². The molecule has 1 rings (SSSR count). The number of rotatable bonds is 19. The maximum Gasteiger partial charge on any atom is 0.00327 e. The van der Waals surface area contributed by atoms with E-state index < -0.39 is 0 Å². The fourth-order valence-corrected chi connectivity index (χ4v) is 10.7. The summed E-state index contributed by atoms with van der Waals surface area (Å²) in [4.78, 5) is 0. The van der Waals surface area contributed by atoms with E-state index >= 15 is 0 Å². The fraction of sp³-hybridized carbons (Fsp3) is 1.00. The Morgan fingerprint density at radius 1 is 0.720 bits per heavy atom. The lowest BCUT2D eigenvalue weighted by atomic mass is 10.0.